The Morgan fingerprint density at radius 3 is 2.26 bits per heavy atom. The zero-order chi connectivity index (χ0) is 24.7. The Hall–Kier alpha value is -3.86. The fourth-order valence-corrected chi connectivity index (χ4v) is 4.75. The third-order valence-electron chi connectivity index (χ3n) is 6.77. The maximum absolute atomic E-state index is 13.6. The number of carbonyl (C=O) groups excluding carboxylic acids is 1. The summed E-state index contributed by atoms with van der Waals surface area (Å²) in [7, 11) is 1.64. The molecule has 1 atom stereocenters. The number of fused-ring (bicyclic) bond motifs is 2. The molecule has 35 heavy (non-hydrogen) atoms. The van der Waals surface area contributed by atoms with E-state index in [0.717, 1.165) is 16.9 Å². The highest BCUT2D eigenvalue weighted by Crippen LogP contribution is 2.39. The van der Waals surface area contributed by atoms with Gasteiger partial charge in [0.15, 0.2) is 5.43 Å². The van der Waals surface area contributed by atoms with Gasteiger partial charge in [-0.15, -0.1) is 0 Å². The Kier molecular flexibility index (Phi) is 5.72. The van der Waals surface area contributed by atoms with Gasteiger partial charge in [-0.3, -0.25) is 9.59 Å². The molecule has 0 spiro atoms. The fourth-order valence-electron chi connectivity index (χ4n) is 4.75. The monoisotopic (exact) mass is 467 g/mol. The molecule has 178 valence electrons. The Morgan fingerprint density at radius 2 is 1.60 bits per heavy atom. The minimum absolute atomic E-state index is 0.00517. The largest absolute Gasteiger partial charge is 0.497 e. The quantitative estimate of drug-likeness (QED) is 0.367. The number of benzene rings is 3. The lowest BCUT2D eigenvalue weighted by Gasteiger charge is -2.26. The van der Waals surface area contributed by atoms with Crippen LogP contribution in [0.1, 0.15) is 59.6 Å². The number of ether oxygens (including phenoxy) is 1. The highest BCUT2D eigenvalue weighted by Gasteiger charge is 2.42. The van der Waals surface area contributed by atoms with Crippen LogP contribution in [0, 0.1) is 0 Å². The molecule has 0 saturated heterocycles. The smallest absolute Gasteiger partial charge is 0.290 e. The molecule has 0 saturated carbocycles. The van der Waals surface area contributed by atoms with Crippen molar-refractivity contribution in [1.82, 2.24) is 4.90 Å². The topological polar surface area (TPSA) is 59.8 Å². The Morgan fingerprint density at radius 1 is 0.914 bits per heavy atom. The van der Waals surface area contributed by atoms with Crippen LogP contribution in [-0.2, 0) is 11.8 Å². The molecule has 0 bridgehead atoms. The predicted octanol–water partition coefficient (Wildman–Crippen LogP) is 5.89. The molecular formula is C30H29NO4. The summed E-state index contributed by atoms with van der Waals surface area (Å²) in [5, 5.41) is 0.493. The van der Waals surface area contributed by atoms with Crippen LogP contribution in [0.25, 0.3) is 11.0 Å². The average molecular weight is 468 g/mol. The molecule has 0 N–H and O–H groups in total. The molecular weight excluding hydrogens is 438 g/mol. The molecule has 5 rings (SSSR count). The number of hydrogen-bond donors (Lipinski definition) is 0. The highest BCUT2D eigenvalue weighted by atomic mass is 16.5. The van der Waals surface area contributed by atoms with Gasteiger partial charge in [-0.25, -0.2) is 0 Å². The fraction of sp³-hybridized carbons (Fsp3) is 0.267. The van der Waals surface area contributed by atoms with Crippen molar-refractivity contribution in [3.05, 3.63) is 111 Å². The summed E-state index contributed by atoms with van der Waals surface area (Å²) < 4.78 is 11.3. The van der Waals surface area contributed by atoms with Gasteiger partial charge in [0.05, 0.1) is 24.1 Å². The third-order valence-corrected chi connectivity index (χ3v) is 6.77. The van der Waals surface area contributed by atoms with Crippen LogP contribution >= 0.6 is 0 Å². The first-order valence-corrected chi connectivity index (χ1v) is 11.9. The minimum Gasteiger partial charge on any atom is -0.497 e. The van der Waals surface area contributed by atoms with Crippen molar-refractivity contribution in [3.8, 4) is 5.75 Å². The Labute approximate surface area is 205 Å². The number of rotatable bonds is 5. The lowest BCUT2D eigenvalue weighted by molar-refractivity contribution is 0.0730. The van der Waals surface area contributed by atoms with E-state index in [4.69, 9.17) is 9.15 Å². The molecule has 5 nitrogen and oxygen atoms in total. The Bertz CT molecular complexity index is 1440. The first-order chi connectivity index (χ1) is 16.8. The maximum atomic E-state index is 13.6. The van der Waals surface area contributed by atoms with Gasteiger partial charge in [-0.2, -0.15) is 0 Å². The molecule has 5 heteroatoms. The van der Waals surface area contributed by atoms with Crippen molar-refractivity contribution in [2.24, 2.45) is 0 Å². The number of hydrogen-bond acceptors (Lipinski definition) is 4. The predicted molar refractivity (Wildman–Crippen MR) is 137 cm³/mol. The van der Waals surface area contributed by atoms with E-state index in [9.17, 15) is 9.59 Å². The first-order valence-electron chi connectivity index (χ1n) is 11.9. The van der Waals surface area contributed by atoms with Crippen LogP contribution < -0.4 is 10.2 Å². The van der Waals surface area contributed by atoms with Gasteiger partial charge in [-0.05, 0) is 52.8 Å². The summed E-state index contributed by atoms with van der Waals surface area (Å²) in [5.41, 5.74) is 3.90. The summed E-state index contributed by atoms with van der Waals surface area (Å²) in [4.78, 5) is 29.0. The lowest BCUT2D eigenvalue weighted by Crippen LogP contribution is -2.31. The van der Waals surface area contributed by atoms with Crippen molar-refractivity contribution < 1.29 is 13.9 Å². The van der Waals surface area contributed by atoms with E-state index in [1.165, 1.54) is 5.56 Å². The zero-order valence-electron chi connectivity index (χ0n) is 20.5. The Balaban J connectivity index is 1.58. The van der Waals surface area contributed by atoms with Gasteiger partial charge in [-0.1, -0.05) is 69.3 Å². The number of para-hydroxylation sites is 1. The summed E-state index contributed by atoms with van der Waals surface area (Å²) in [5.74, 6) is 0.686. The number of carbonyl (C=O) groups is 1. The molecule has 0 radical (unpaired) electrons. The van der Waals surface area contributed by atoms with Crippen molar-refractivity contribution in [2.45, 2.75) is 38.6 Å². The van der Waals surface area contributed by atoms with E-state index >= 15 is 0 Å². The standard InChI is InChI=1S/C30H29NO4/c1-30(2,3)21-13-11-20(12-14-21)26-25-27(32)23-7-5-6-8-24(23)35-28(25)29(33)31(26)18-17-19-9-15-22(34-4)16-10-19/h5-16,26H,17-18H2,1-4H3/t26-/m0/s1. The average Bonchev–Trinajstić information content (AvgIpc) is 3.14. The van der Waals surface area contributed by atoms with Crippen molar-refractivity contribution in [1.29, 1.82) is 0 Å². The SMILES string of the molecule is COc1ccc(CCN2C(=O)c3oc4ccccc4c(=O)c3[C@@H]2c2ccc(C(C)(C)C)cc2)cc1. The molecule has 0 fully saturated rings. The van der Waals surface area contributed by atoms with Gasteiger partial charge in [0, 0.05) is 6.54 Å². The van der Waals surface area contributed by atoms with Gasteiger partial charge in [0.25, 0.3) is 5.91 Å². The van der Waals surface area contributed by atoms with E-state index in [1.807, 2.05) is 42.5 Å². The van der Waals surface area contributed by atoms with Crippen molar-refractivity contribution in [2.75, 3.05) is 13.7 Å². The van der Waals surface area contributed by atoms with Gasteiger partial charge >= 0.3 is 0 Å². The van der Waals surface area contributed by atoms with E-state index in [1.54, 1.807) is 30.2 Å². The first kappa shape index (κ1) is 22.9. The normalized spacial score (nSPS) is 15.5. The van der Waals surface area contributed by atoms with E-state index < -0.39 is 6.04 Å². The number of amides is 1. The summed E-state index contributed by atoms with van der Waals surface area (Å²) in [6, 6.07) is 22.7. The van der Waals surface area contributed by atoms with Crippen LogP contribution in [-0.4, -0.2) is 24.5 Å². The second-order valence-corrected chi connectivity index (χ2v) is 10.0. The second-order valence-electron chi connectivity index (χ2n) is 10.0. The highest BCUT2D eigenvalue weighted by molar-refractivity contribution is 5.99. The summed E-state index contributed by atoms with van der Waals surface area (Å²) in [6.07, 6.45) is 0.647. The van der Waals surface area contributed by atoms with Crippen LogP contribution in [0.5, 0.6) is 5.75 Å². The van der Waals surface area contributed by atoms with Crippen LogP contribution in [0.3, 0.4) is 0 Å². The minimum atomic E-state index is -0.495. The van der Waals surface area contributed by atoms with Crippen molar-refractivity contribution in [3.63, 3.8) is 0 Å². The molecule has 3 aromatic carbocycles. The molecule has 1 aliphatic rings. The van der Waals surface area contributed by atoms with Crippen molar-refractivity contribution >= 4 is 16.9 Å². The van der Waals surface area contributed by atoms with E-state index in [0.29, 0.717) is 29.5 Å². The number of methoxy groups -OCH3 is 1. The van der Waals surface area contributed by atoms with E-state index in [-0.39, 0.29) is 22.5 Å². The van der Waals surface area contributed by atoms with Gasteiger partial charge in [0.2, 0.25) is 5.76 Å². The molecule has 1 aromatic heterocycles. The van der Waals surface area contributed by atoms with Crippen LogP contribution in [0.4, 0.5) is 0 Å². The molecule has 2 heterocycles. The summed E-state index contributed by atoms with van der Waals surface area (Å²) >= 11 is 0. The second kappa shape index (κ2) is 8.73. The van der Waals surface area contributed by atoms with Crippen LogP contribution in [0.15, 0.2) is 82.0 Å². The van der Waals surface area contributed by atoms with Gasteiger partial charge in [0.1, 0.15) is 11.3 Å². The molecule has 1 aliphatic heterocycles. The van der Waals surface area contributed by atoms with Crippen LogP contribution in [0.2, 0.25) is 0 Å². The lowest BCUT2D eigenvalue weighted by atomic mass is 9.86. The molecule has 0 aliphatic carbocycles. The molecule has 4 aromatic rings. The number of nitrogens with zero attached hydrogens (tertiary/aromatic N) is 1. The maximum Gasteiger partial charge on any atom is 0.290 e. The third kappa shape index (κ3) is 4.12. The van der Waals surface area contributed by atoms with Gasteiger partial charge < -0.3 is 14.1 Å². The molecule has 1 amide bonds. The molecule has 0 unspecified atom stereocenters. The zero-order valence-corrected chi connectivity index (χ0v) is 20.5. The summed E-state index contributed by atoms with van der Waals surface area (Å²) in [6.45, 7) is 6.95. The van der Waals surface area contributed by atoms with E-state index in [2.05, 4.69) is 32.9 Å².